The lowest BCUT2D eigenvalue weighted by Gasteiger charge is -2.09. The van der Waals surface area contributed by atoms with Gasteiger partial charge in [0.15, 0.2) is 0 Å². The van der Waals surface area contributed by atoms with E-state index in [2.05, 4.69) is 4.74 Å². The predicted octanol–water partition coefficient (Wildman–Crippen LogP) is 3.09. The van der Waals surface area contributed by atoms with Crippen molar-refractivity contribution >= 4 is 16.6 Å². The number of alkyl halides is 3. The Morgan fingerprint density at radius 3 is 2.68 bits per heavy atom. The van der Waals surface area contributed by atoms with Crippen molar-refractivity contribution in [2.75, 3.05) is 6.61 Å². The van der Waals surface area contributed by atoms with Gasteiger partial charge in [-0.05, 0) is 12.1 Å². The van der Waals surface area contributed by atoms with E-state index in [9.17, 15) is 23.3 Å². The van der Waals surface area contributed by atoms with Crippen LogP contribution in [-0.4, -0.2) is 22.3 Å². The van der Waals surface area contributed by atoms with Crippen LogP contribution >= 0.6 is 0 Å². The highest BCUT2D eigenvalue weighted by Crippen LogP contribution is 2.22. The fourth-order valence-corrected chi connectivity index (χ4v) is 1.66. The summed E-state index contributed by atoms with van der Waals surface area (Å²) in [5.41, 5.74) is 0.333. The Morgan fingerprint density at radius 2 is 2.05 bits per heavy atom. The minimum absolute atomic E-state index is 0.122. The largest absolute Gasteiger partial charge is 0.411 e. The highest BCUT2D eigenvalue weighted by Gasteiger charge is 2.27. The van der Waals surface area contributed by atoms with Crippen molar-refractivity contribution < 1.29 is 22.8 Å². The predicted molar refractivity (Wildman–Crippen MR) is 60.6 cm³/mol. The van der Waals surface area contributed by atoms with Gasteiger partial charge in [0.25, 0.3) is 5.69 Å². The van der Waals surface area contributed by atoms with Crippen molar-refractivity contribution in [3.05, 3.63) is 40.6 Å². The van der Waals surface area contributed by atoms with Gasteiger partial charge < -0.3 is 9.30 Å². The molecule has 0 N–H and O–H groups in total. The van der Waals surface area contributed by atoms with E-state index in [-0.39, 0.29) is 12.4 Å². The number of fused-ring (bicyclic) bond motifs is 1. The van der Waals surface area contributed by atoms with Crippen LogP contribution in [0.15, 0.2) is 30.5 Å². The maximum atomic E-state index is 11.9. The minimum Gasteiger partial charge on any atom is -0.351 e. The summed E-state index contributed by atoms with van der Waals surface area (Å²) >= 11 is 0. The summed E-state index contributed by atoms with van der Waals surface area (Å²) in [5.74, 6) is 0. The van der Waals surface area contributed by atoms with Crippen LogP contribution < -0.4 is 0 Å². The van der Waals surface area contributed by atoms with Gasteiger partial charge in [0.1, 0.15) is 13.3 Å². The number of aromatic nitrogens is 1. The van der Waals surface area contributed by atoms with Crippen molar-refractivity contribution in [3.63, 3.8) is 0 Å². The molecule has 102 valence electrons. The fraction of sp³-hybridized carbons (Fsp3) is 0.273. The molecule has 0 aliphatic rings. The highest BCUT2D eigenvalue weighted by atomic mass is 19.4. The van der Waals surface area contributed by atoms with Gasteiger partial charge in [-0.1, -0.05) is 0 Å². The minimum atomic E-state index is -4.39. The number of halogens is 3. The molecule has 2 rings (SSSR count). The first-order chi connectivity index (χ1) is 8.87. The van der Waals surface area contributed by atoms with Crippen molar-refractivity contribution in [3.8, 4) is 0 Å². The second-order valence-electron chi connectivity index (χ2n) is 3.88. The summed E-state index contributed by atoms with van der Waals surface area (Å²) in [6.45, 7) is -1.67. The molecule has 8 heteroatoms. The lowest BCUT2D eigenvalue weighted by Crippen LogP contribution is -2.18. The van der Waals surface area contributed by atoms with E-state index in [1.54, 1.807) is 6.07 Å². The van der Waals surface area contributed by atoms with Crippen LogP contribution in [0.5, 0.6) is 0 Å². The van der Waals surface area contributed by atoms with Crippen LogP contribution in [0, 0.1) is 10.1 Å². The van der Waals surface area contributed by atoms with Crippen molar-refractivity contribution in [2.24, 2.45) is 0 Å². The summed E-state index contributed by atoms with van der Waals surface area (Å²) in [5, 5.41) is 11.3. The van der Waals surface area contributed by atoms with E-state index < -0.39 is 17.7 Å². The SMILES string of the molecule is O=[N+]([O-])c1ccc2ccn(COCC(F)(F)F)c2c1. The number of rotatable bonds is 4. The third-order valence-electron chi connectivity index (χ3n) is 2.46. The molecule has 0 saturated heterocycles. The average molecular weight is 274 g/mol. The Balaban J connectivity index is 2.19. The van der Waals surface area contributed by atoms with Crippen LogP contribution in [0.25, 0.3) is 10.9 Å². The molecule has 0 atom stereocenters. The molecular weight excluding hydrogens is 265 g/mol. The number of ether oxygens (including phenoxy) is 1. The van der Waals surface area contributed by atoms with Gasteiger partial charge in [0.05, 0.1) is 10.4 Å². The number of nitro benzene ring substituents is 1. The Morgan fingerprint density at radius 1 is 1.32 bits per heavy atom. The van der Waals surface area contributed by atoms with Crippen LogP contribution in [0.4, 0.5) is 18.9 Å². The Hall–Kier alpha value is -2.09. The van der Waals surface area contributed by atoms with Gasteiger partial charge in [0, 0.05) is 23.7 Å². The number of nitrogens with zero attached hydrogens (tertiary/aromatic N) is 2. The molecule has 1 heterocycles. The zero-order valence-corrected chi connectivity index (χ0v) is 9.55. The number of benzene rings is 1. The smallest absolute Gasteiger partial charge is 0.351 e. The van der Waals surface area contributed by atoms with E-state index in [0.29, 0.717) is 10.9 Å². The third kappa shape index (κ3) is 3.22. The fourth-order valence-electron chi connectivity index (χ4n) is 1.66. The third-order valence-corrected chi connectivity index (χ3v) is 2.46. The molecule has 2 aromatic rings. The van der Waals surface area contributed by atoms with E-state index >= 15 is 0 Å². The molecule has 0 bridgehead atoms. The van der Waals surface area contributed by atoms with Gasteiger partial charge in [0.2, 0.25) is 0 Å². The van der Waals surface area contributed by atoms with Gasteiger partial charge >= 0.3 is 6.18 Å². The van der Waals surface area contributed by atoms with Crippen LogP contribution in [0.3, 0.4) is 0 Å². The normalized spacial score (nSPS) is 11.9. The Kier molecular flexibility index (Phi) is 3.43. The van der Waals surface area contributed by atoms with E-state index in [0.717, 1.165) is 0 Å². The number of non-ortho nitro benzene ring substituents is 1. The lowest BCUT2D eigenvalue weighted by atomic mass is 10.2. The van der Waals surface area contributed by atoms with E-state index in [1.807, 2.05) is 0 Å². The highest BCUT2D eigenvalue weighted by molar-refractivity contribution is 5.82. The summed E-state index contributed by atoms with van der Waals surface area (Å²) in [4.78, 5) is 10.1. The maximum Gasteiger partial charge on any atom is 0.411 e. The van der Waals surface area contributed by atoms with Gasteiger partial charge in [-0.3, -0.25) is 10.1 Å². The second kappa shape index (κ2) is 4.88. The standard InChI is InChI=1S/C11H9F3N2O3/c12-11(13,14)6-19-7-15-4-3-8-1-2-9(16(17)18)5-10(8)15/h1-5H,6-7H2. The molecule has 0 amide bonds. The monoisotopic (exact) mass is 274 g/mol. The first kappa shape index (κ1) is 13.3. The van der Waals surface area contributed by atoms with Crippen LogP contribution in [0.1, 0.15) is 0 Å². The maximum absolute atomic E-state index is 11.9. The topological polar surface area (TPSA) is 57.3 Å². The molecular formula is C11H9F3N2O3. The molecule has 0 aliphatic carbocycles. The van der Waals surface area contributed by atoms with Crippen LogP contribution in [-0.2, 0) is 11.5 Å². The number of hydrogen-bond acceptors (Lipinski definition) is 3. The molecule has 1 aromatic carbocycles. The summed E-state index contributed by atoms with van der Waals surface area (Å²) in [7, 11) is 0. The van der Waals surface area contributed by atoms with Crippen LogP contribution in [0.2, 0.25) is 0 Å². The van der Waals surface area contributed by atoms with Gasteiger partial charge in [-0.25, -0.2) is 0 Å². The van der Waals surface area contributed by atoms with E-state index in [4.69, 9.17) is 0 Å². The zero-order valence-electron chi connectivity index (χ0n) is 9.55. The molecule has 0 fully saturated rings. The summed E-state index contributed by atoms with van der Waals surface area (Å²) < 4.78 is 41.7. The molecule has 0 unspecified atom stereocenters. The van der Waals surface area contributed by atoms with Crippen molar-refractivity contribution in [1.29, 1.82) is 0 Å². The number of nitro groups is 1. The Bertz CT molecular complexity index is 607. The lowest BCUT2D eigenvalue weighted by molar-refractivity contribution is -0.384. The van der Waals surface area contributed by atoms with E-state index in [1.165, 1.54) is 29.0 Å². The molecule has 1 aromatic heterocycles. The quantitative estimate of drug-likeness (QED) is 0.636. The molecule has 5 nitrogen and oxygen atoms in total. The Labute approximate surface area is 105 Å². The molecule has 0 spiro atoms. The molecule has 0 aliphatic heterocycles. The number of hydrogen-bond donors (Lipinski definition) is 0. The first-order valence-electron chi connectivity index (χ1n) is 5.24. The van der Waals surface area contributed by atoms with Crippen molar-refractivity contribution in [2.45, 2.75) is 12.9 Å². The van der Waals surface area contributed by atoms with Gasteiger partial charge in [-0.15, -0.1) is 0 Å². The molecule has 0 radical (unpaired) electrons. The first-order valence-corrected chi connectivity index (χ1v) is 5.24. The second-order valence-corrected chi connectivity index (χ2v) is 3.88. The molecule has 19 heavy (non-hydrogen) atoms. The molecule has 0 saturated carbocycles. The zero-order chi connectivity index (χ0) is 14.0. The summed E-state index contributed by atoms with van der Waals surface area (Å²) in [6.07, 6.45) is -2.88. The average Bonchev–Trinajstić information content (AvgIpc) is 2.70. The van der Waals surface area contributed by atoms with Crippen molar-refractivity contribution in [1.82, 2.24) is 4.57 Å². The summed E-state index contributed by atoms with van der Waals surface area (Å²) in [6, 6.07) is 5.82. The van der Waals surface area contributed by atoms with Gasteiger partial charge in [-0.2, -0.15) is 13.2 Å².